The molecule has 2 aromatic carbocycles. The highest BCUT2D eigenvalue weighted by Gasteiger charge is 2.16. The summed E-state index contributed by atoms with van der Waals surface area (Å²) in [5.74, 6) is 0.257. The van der Waals surface area contributed by atoms with Gasteiger partial charge >= 0.3 is 0 Å². The van der Waals surface area contributed by atoms with Crippen LogP contribution in [0.5, 0.6) is 0 Å². The van der Waals surface area contributed by atoms with Crippen LogP contribution in [-0.4, -0.2) is 50.1 Å². The van der Waals surface area contributed by atoms with E-state index in [2.05, 4.69) is 52.2 Å². The van der Waals surface area contributed by atoms with Gasteiger partial charge in [-0.3, -0.25) is 9.89 Å². The molecule has 0 aliphatic carbocycles. The molecule has 7 heteroatoms. The Hall–Kier alpha value is -1.87. The smallest absolute Gasteiger partial charge is 0.193 e. The average molecular weight is 497 g/mol. The van der Waals surface area contributed by atoms with Gasteiger partial charge < -0.3 is 16.0 Å². The minimum absolute atomic E-state index is 0. The molecule has 5 nitrogen and oxygen atoms in total. The third-order valence-corrected chi connectivity index (χ3v) is 4.76. The van der Waals surface area contributed by atoms with Crippen molar-refractivity contribution >= 4 is 41.3 Å². The number of aliphatic imine (C=N–C) groups is 1. The molecule has 0 bridgehead atoms. The first-order chi connectivity index (χ1) is 13.0. The Labute approximate surface area is 183 Å². The summed E-state index contributed by atoms with van der Waals surface area (Å²) in [5.41, 5.74) is 10.5. The fraction of sp³-hybridized carbons (Fsp3) is 0.381. The first kappa shape index (κ1) is 22.4. The van der Waals surface area contributed by atoms with E-state index < -0.39 is 0 Å². The predicted molar refractivity (Wildman–Crippen MR) is 126 cm³/mol. The Kier molecular flexibility index (Phi) is 8.50. The molecule has 1 aliphatic heterocycles. The highest BCUT2D eigenvalue weighted by atomic mass is 127. The van der Waals surface area contributed by atoms with E-state index in [4.69, 9.17) is 5.73 Å². The third-order valence-electron chi connectivity index (χ3n) is 4.76. The van der Waals surface area contributed by atoms with Crippen LogP contribution in [0.1, 0.15) is 11.1 Å². The van der Waals surface area contributed by atoms with E-state index in [0.717, 1.165) is 44.1 Å². The van der Waals surface area contributed by atoms with Crippen LogP contribution in [0.3, 0.4) is 0 Å². The number of hydrogen-bond acceptors (Lipinski definition) is 3. The molecule has 0 atom stereocenters. The Bertz CT molecular complexity index is 766. The van der Waals surface area contributed by atoms with E-state index >= 15 is 0 Å². The standard InChI is InChI=1S/C21H28FN5.HI/c1-16-13-17(2)15-19(14-16)25-21(23)24-7-8-26-9-11-27(12-10-26)20-5-3-18(22)4-6-20;/h3-6,13-15H,7-12H2,1-2H3,(H3,23,24,25);1H. The molecule has 0 radical (unpaired) electrons. The van der Waals surface area contributed by atoms with Gasteiger partial charge in [0.25, 0.3) is 0 Å². The number of hydrogen-bond donors (Lipinski definition) is 2. The molecule has 1 heterocycles. The van der Waals surface area contributed by atoms with Gasteiger partial charge in [-0.05, 0) is 61.4 Å². The second kappa shape index (κ2) is 10.6. The molecule has 1 aliphatic rings. The van der Waals surface area contributed by atoms with Gasteiger partial charge in [0.15, 0.2) is 5.96 Å². The maximum absolute atomic E-state index is 13.0. The van der Waals surface area contributed by atoms with Crippen molar-refractivity contribution in [3.05, 3.63) is 59.4 Å². The maximum atomic E-state index is 13.0. The maximum Gasteiger partial charge on any atom is 0.193 e. The summed E-state index contributed by atoms with van der Waals surface area (Å²) < 4.78 is 13.0. The lowest BCUT2D eigenvalue weighted by Gasteiger charge is -2.35. The first-order valence-electron chi connectivity index (χ1n) is 9.38. The van der Waals surface area contributed by atoms with Crippen molar-refractivity contribution in [1.82, 2.24) is 4.90 Å². The zero-order chi connectivity index (χ0) is 19.2. The highest BCUT2D eigenvalue weighted by molar-refractivity contribution is 14.0. The monoisotopic (exact) mass is 497 g/mol. The second-order valence-electron chi connectivity index (χ2n) is 7.07. The molecular weight excluding hydrogens is 468 g/mol. The van der Waals surface area contributed by atoms with Crippen molar-refractivity contribution in [2.24, 2.45) is 10.7 Å². The summed E-state index contributed by atoms with van der Waals surface area (Å²) in [6.45, 7) is 9.49. The number of anilines is 2. The number of benzene rings is 2. The number of nitrogens with one attached hydrogen (secondary N) is 1. The number of aryl methyl sites for hydroxylation is 2. The molecule has 0 aromatic heterocycles. The molecular formula is C21H29FIN5. The summed E-state index contributed by atoms with van der Waals surface area (Å²) in [6.07, 6.45) is 0. The predicted octanol–water partition coefficient (Wildman–Crippen LogP) is 3.61. The average Bonchev–Trinajstić information content (AvgIpc) is 2.62. The summed E-state index contributed by atoms with van der Waals surface area (Å²) in [7, 11) is 0. The normalized spacial score (nSPS) is 15.2. The van der Waals surface area contributed by atoms with Crippen LogP contribution >= 0.6 is 24.0 Å². The van der Waals surface area contributed by atoms with Gasteiger partial charge in [-0.25, -0.2) is 4.39 Å². The lowest BCUT2D eigenvalue weighted by molar-refractivity contribution is 0.265. The summed E-state index contributed by atoms with van der Waals surface area (Å²) in [4.78, 5) is 9.12. The van der Waals surface area contributed by atoms with Crippen LogP contribution in [0, 0.1) is 19.7 Å². The van der Waals surface area contributed by atoms with Gasteiger partial charge in [0.05, 0.1) is 6.54 Å². The van der Waals surface area contributed by atoms with E-state index in [1.54, 1.807) is 0 Å². The van der Waals surface area contributed by atoms with E-state index in [1.165, 1.54) is 23.3 Å². The molecule has 2 aromatic rings. The topological polar surface area (TPSA) is 56.9 Å². The van der Waals surface area contributed by atoms with Gasteiger partial charge in [-0.1, -0.05) is 6.07 Å². The summed E-state index contributed by atoms with van der Waals surface area (Å²) in [6, 6.07) is 13.0. The molecule has 0 spiro atoms. The van der Waals surface area contributed by atoms with E-state index in [9.17, 15) is 4.39 Å². The van der Waals surface area contributed by atoms with Crippen LogP contribution in [-0.2, 0) is 0 Å². The van der Waals surface area contributed by atoms with Crippen LogP contribution in [0.25, 0.3) is 0 Å². The van der Waals surface area contributed by atoms with E-state index in [1.807, 2.05) is 12.1 Å². The zero-order valence-corrected chi connectivity index (χ0v) is 18.8. The van der Waals surface area contributed by atoms with Gasteiger partial charge in [0.1, 0.15) is 5.82 Å². The van der Waals surface area contributed by atoms with Crippen LogP contribution in [0.15, 0.2) is 47.5 Å². The third kappa shape index (κ3) is 6.63. The number of rotatable bonds is 5. The minimum Gasteiger partial charge on any atom is -0.370 e. The van der Waals surface area contributed by atoms with Crippen molar-refractivity contribution in [2.75, 3.05) is 49.5 Å². The summed E-state index contributed by atoms with van der Waals surface area (Å²) >= 11 is 0. The molecule has 0 amide bonds. The van der Waals surface area contributed by atoms with Crippen molar-refractivity contribution in [3.63, 3.8) is 0 Å². The fourth-order valence-corrected chi connectivity index (χ4v) is 3.43. The van der Waals surface area contributed by atoms with Gasteiger partial charge in [-0.15, -0.1) is 24.0 Å². The van der Waals surface area contributed by atoms with Crippen LogP contribution in [0.4, 0.5) is 15.8 Å². The van der Waals surface area contributed by atoms with Gasteiger partial charge in [0.2, 0.25) is 0 Å². The lowest BCUT2D eigenvalue weighted by Crippen LogP contribution is -2.47. The van der Waals surface area contributed by atoms with Crippen molar-refractivity contribution in [2.45, 2.75) is 13.8 Å². The Morgan fingerprint density at radius 2 is 1.64 bits per heavy atom. The number of nitrogens with zero attached hydrogens (tertiary/aromatic N) is 3. The lowest BCUT2D eigenvalue weighted by atomic mass is 10.1. The summed E-state index contributed by atoms with van der Waals surface area (Å²) in [5, 5.41) is 3.16. The number of nitrogens with two attached hydrogens (primary N) is 1. The largest absolute Gasteiger partial charge is 0.370 e. The molecule has 3 rings (SSSR count). The molecule has 152 valence electrons. The Morgan fingerprint density at radius 1 is 1.04 bits per heavy atom. The molecule has 1 saturated heterocycles. The SMILES string of the molecule is Cc1cc(C)cc(NC(N)=NCCN2CCN(c3ccc(F)cc3)CC2)c1.I. The zero-order valence-electron chi connectivity index (χ0n) is 16.5. The highest BCUT2D eigenvalue weighted by Crippen LogP contribution is 2.17. The van der Waals surface area contributed by atoms with Gasteiger partial charge in [-0.2, -0.15) is 0 Å². The van der Waals surface area contributed by atoms with E-state index in [0.29, 0.717) is 12.5 Å². The quantitative estimate of drug-likeness (QED) is 0.377. The van der Waals surface area contributed by atoms with Crippen molar-refractivity contribution in [3.8, 4) is 0 Å². The Balaban J connectivity index is 0.00000280. The molecule has 0 saturated carbocycles. The van der Waals surface area contributed by atoms with E-state index in [-0.39, 0.29) is 29.8 Å². The van der Waals surface area contributed by atoms with Crippen molar-refractivity contribution in [1.29, 1.82) is 0 Å². The first-order valence-corrected chi connectivity index (χ1v) is 9.38. The molecule has 3 N–H and O–H groups in total. The van der Waals surface area contributed by atoms with Crippen LogP contribution < -0.4 is 16.0 Å². The minimum atomic E-state index is -0.192. The fourth-order valence-electron chi connectivity index (χ4n) is 3.43. The van der Waals surface area contributed by atoms with Crippen LogP contribution in [0.2, 0.25) is 0 Å². The Morgan fingerprint density at radius 3 is 2.25 bits per heavy atom. The molecule has 1 fully saturated rings. The van der Waals surface area contributed by atoms with Gasteiger partial charge in [0, 0.05) is 44.1 Å². The second-order valence-corrected chi connectivity index (χ2v) is 7.07. The number of halogens is 2. The number of guanidine groups is 1. The number of piperazine rings is 1. The molecule has 0 unspecified atom stereocenters. The van der Waals surface area contributed by atoms with Crippen molar-refractivity contribution < 1.29 is 4.39 Å². The molecule has 28 heavy (non-hydrogen) atoms.